The summed E-state index contributed by atoms with van der Waals surface area (Å²) in [6, 6.07) is 0.632. The molecule has 2 fully saturated rings. The van der Waals surface area contributed by atoms with Gasteiger partial charge in [0.2, 0.25) is 0 Å². The SMILES string of the molecule is CCc1nccn1C1CCCN(C(=O)c2nnn(C3CCNCC3)c2C)C1. The van der Waals surface area contributed by atoms with Crippen molar-refractivity contribution in [3.63, 3.8) is 0 Å². The minimum Gasteiger partial charge on any atom is -0.335 e. The summed E-state index contributed by atoms with van der Waals surface area (Å²) < 4.78 is 4.19. The number of aryl methyl sites for hydroxylation is 1. The number of carbonyl (C=O) groups is 1. The Bertz CT molecular complexity index is 790. The van der Waals surface area contributed by atoms with Crippen molar-refractivity contribution in [2.75, 3.05) is 26.2 Å². The Balaban J connectivity index is 1.50. The maximum atomic E-state index is 13.2. The maximum absolute atomic E-state index is 13.2. The van der Waals surface area contributed by atoms with Crippen molar-refractivity contribution in [1.29, 1.82) is 0 Å². The number of piperidine rings is 2. The van der Waals surface area contributed by atoms with Crippen LogP contribution in [0.3, 0.4) is 0 Å². The lowest BCUT2D eigenvalue weighted by atomic mass is 10.0. The second-order valence-electron chi connectivity index (χ2n) is 7.60. The second-order valence-corrected chi connectivity index (χ2v) is 7.60. The van der Waals surface area contributed by atoms with Gasteiger partial charge in [0.05, 0.1) is 17.8 Å². The summed E-state index contributed by atoms with van der Waals surface area (Å²) in [5.74, 6) is 1.10. The number of nitrogens with zero attached hydrogens (tertiary/aromatic N) is 6. The molecule has 0 radical (unpaired) electrons. The Morgan fingerprint density at radius 2 is 2.07 bits per heavy atom. The van der Waals surface area contributed by atoms with Crippen LogP contribution < -0.4 is 5.32 Å². The van der Waals surface area contributed by atoms with E-state index in [1.54, 1.807) is 0 Å². The average molecular weight is 371 g/mol. The number of imidazole rings is 1. The molecular weight excluding hydrogens is 342 g/mol. The van der Waals surface area contributed by atoms with Crippen LogP contribution in [0.2, 0.25) is 0 Å². The number of hydrogen-bond donors (Lipinski definition) is 1. The van der Waals surface area contributed by atoms with Gasteiger partial charge in [-0.3, -0.25) is 4.79 Å². The minimum absolute atomic E-state index is 0.00977. The summed E-state index contributed by atoms with van der Waals surface area (Å²) in [7, 11) is 0. The molecule has 2 aliphatic rings. The zero-order valence-electron chi connectivity index (χ0n) is 16.3. The van der Waals surface area contributed by atoms with Crippen LogP contribution in [-0.2, 0) is 6.42 Å². The molecule has 27 heavy (non-hydrogen) atoms. The average Bonchev–Trinajstić information content (AvgIpc) is 3.34. The third-order valence-corrected chi connectivity index (χ3v) is 5.93. The summed E-state index contributed by atoms with van der Waals surface area (Å²) in [6.07, 6.45) is 8.94. The fraction of sp³-hybridized carbons (Fsp3) is 0.684. The lowest BCUT2D eigenvalue weighted by molar-refractivity contribution is 0.0671. The number of carbonyl (C=O) groups excluding carboxylic acids is 1. The highest BCUT2D eigenvalue weighted by Crippen LogP contribution is 2.26. The van der Waals surface area contributed by atoms with Gasteiger partial charge in [-0.15, -0.1) is 5.10 Å². The van der Waals surface area contributed by atoms with Crippen LogP contribution >= 0.6 is 0 Å². The molecule has 8 heteroatoms. The van der Waals surface area contributed by atoms with Gasteiger partial charge in [-0.1, -0.05) is 12.1 Å². The summed E-state index contributed by atoms with van der Waals surface area (Å²) >= 11 is 0. The quantitative estimate of drug-likeness (QED) is 0.886. The molecule has 2 aromatic rings. The fourth-order valence-corrected chi connectivity index (χ4v) is 4.40. The molecule has 0 bridgehead atoms. The molecule has 0 aromatic carbocycles. The normalized spacial score (nSPS) is 21.6. The van der Waals surface area contributed by atoms with Gasteiger partial charge >= 0.3 is 0 Å². The van der Waals surface area contributed by atoms with Gasteiger partial charge in [0.15, 0.2) is 5.69 Å². The lowest BCUT2D eigenvalue weighted by Gasteiger charge is -2.33. The van der Waals surface area contributed by atoms with E-state index in [0.717, 1.165) is 63.3 Å². The largest absolute Gasteiger partial charge is 0.335 e. The molecule has 1 atom stereocenters. The van der Waals surface area contributed by atoms with Crippen LogP contribution in [-0.4, -0.2) is 61.5 Å². The van der Waals surface area contributed by atoms with E-state index < -0.39 is 0 Å². The van der Waals surface area contributed by atoms with Crippen molar-refractivity contribution in [3.8, 4) is 0 Å². The van der Waals surface area contributed by atoms with Gasteiger partial charge < -0.3 is 14.8 Å². The van der Waals surface area contributed by atoms with Crippen molar-refractivity contribution in [1.82, 2.24) is 34.8 Å². The Labute approximate surface area is 159 Å². The molecule has 0 saturated carbocycles. The van der Waals surface area contributed by atoms with Crippen molar-refractivity contribution >= 4 is 5.91 Å². The first-order valence-corrected chi connectivity index (χ1v) is 10.1. The summed E-state index contributed by atoms with van der Waals surface area (Å²) in [4.78, 5) is 19.5. The molecule has 1 amide bonds. The third-order valence-electron chi connectivity index (χ3n) is 5.93. The number of nitrogens with one attached hydrogen (secondary N) is 1. The van der Waals surface area contributed by atoms with Crippen molar-refractivity contribution in [2.45, 2.75) is 58.0 Å². The Morgan fingerprint density at radius 3 is 2.85 bits per heavy atom. The minimum atomic E-state index is 0.00977. The maximum Gasteiger partial charge on any atom is 0.276 e. The van der Waals surface area contributed by atoms with E-state index in [2.05, 4.69) is 32.1 Å². The number of amides is 1. The van der Waals surface area contributed by atoms with Gasteiger partial charge in [0, 0.05) is 31.9 Å². The Kier molecular flexibility index (Phi) is 5.24. The molecule has 2 saturated heterocycles. The van der Waals surface area contributed by atoms with Crippen molar-refractivity contribution < 1.29 is 4.79 Å². The first-order valence-electron chi connectivity index (χ1n) is 10.1. The molecule has 1 unspecified atom stereocenters. The van der Waals surface area contributed by atoms with E-state index in [1.807, 2.05) is 28.9 Å². The molecule has 2 aromatic heterocycles. The van der Waals surface area contributed by atoms with Crippen molar-refractivity contribution in [2.24, 2.45) is 0 Å². The summed E-state index contributed by atoms with van der Waals surface area (Å²) in [5, 5.41) is 12.0. The predicted molar refractivity (Wildman–Crippen MR) is 102 cm³/mol. The van der Waals surface area contributed by atoms with E-state index in [4.69, 9.17) is 0 Å². The first kappa shape index (κ1) is 18.2. The van der Waals surface area contributed by atoms with Gasteiger partial charge in [-0.05, 0) is 45.7 Å². The van der Waals surface area contributed by atoms with E-state index in [-0.39, 0.29) is 5.91 Å². The number of aromatic nitrogens is 5. The molecule has 1 N–H and O–H groups in total. The Hall–Kier alpha value is -2.22. The van der Waals surface area contributed by atoms with Crippen LogP contribution in [0, 0.1) is 6.92 Å². The fourth-order valence-electron chi connectivity index (χ4n) is 4.40. The van der Waals surface area contributed by atoms with Crippen LogP contribution in [0.15, 0.2) is 12.4 Å². The molecular formula is C19H29N7O. The lowest BCUT2D eigenvalue weighted by Crippen LogP contribution is -2.41. The van der Waals surface area contributed by atoms with Gasteiger partial charge in [-0.25, -0.2) is 9.67 Å². The van der Waals surface area contributed by atoms with Crippen LogP contribution in [0.1, 0.15) is 66.7 Å². The zero-order valence-corrected chi connectivity index (χ0v) is 16.3. The number of likely N-dealkylation sites (tertiary alicyclic amines) is 1. The molecule has 2 aliphatic heterocycles. The summed E-state index contributed by atoms with van der Waals surface area (Å²) in [6.45, 7) is 7.57. The molecule has 4 rings (SSSR count). The van der Waals surface area contributed by atoms with E-state index in [9.17, 15) is 4.79 Å². The molecule has 4 heterocycles. The molecule has 8 nitrogen and oxygen atoms in total. The van der Waals surface area contributed by atoms with E-state index in [1.165, 1.54) is 0 Å². The van der Waals surface area contributed by atoms with Gasteiger partial charge in [0.1, 0.15) is 5.82 Å². The standard InChI is InChI=1S/C19H29N7O/c1-3-17-21-10-12-25(17)16-5-4-11-24(13-16)19(27)18-14(2)26(23-22-18)15-6-8-20-9-7-15/h10,12,15-16,20H,3-9,11,13H2,1-2H3. The van der Waals surface area contributed by atoms with Gasteiger partial charge in [-0.2, -0.15) is 0 Å². The third kappa shape index (κ3) is 3.50. The first-order chi connectivity index (χ1) is 13.2. The molecule has 146 valence electrons. The predicted octanol–water partition coefficient (Wildman–Crippen LogP) is 1.75. The van der Waals surface area contributed by atoms with Gasteiger partial charge in [0.25, 0.3) is 5.91 Å². The van der Waals surface area contributed by atoms with Crippen LogP contribution in [0.4, 0.5) is 0 Å². The smallest absolute Gasteiger partial charge is 0.276 e. The highest BCUT2D eigenvalue weighted by Gasteiger charge is 2.30. The summed E-state index contributed by atoms with van der Waals surface area (Å²) in [5.41, 5.74) is 1.40. The monoisotopic (exact) mass is 371 g/mol. The highest BCUT2D eigenvalue weighted by molar-refractivity contribution is 5.93. The second kappa shape index (κ2) is 7.80. The van der Waals surface area contributed by atoms with E-state index in [0.29, 0.717) is 24.3 Å². The number of hydrogen-bond acceptors (Lipinski definition) is 5. The zero-order chi connectivity index (χ0) is 18.8. The topological polar surface area (TPSA) is 80.9 Å². The highest BCUT2D eigenvalue weighted by atomic mass is 16.2. The van der Waals surface area contributed by atoms with E-state index >= 15 is 0 Å². The number of rotatable bonds is 4. The van der Waals surface area contributed by atoms with Crippen molar-refractivity contribution in [3.05, 3.63) is 29.6 Å². The Morgan fingerprint density at radius 1 is 1.26 bits per heavy atom. The molecule has 0 spiro atoms. The molecule has 0 aliphatic carbocycles. The van der Waals surface area contributed by atoms with Crippen LogP contribution in [0.25, 0.3) is 0 Å². The van der Waals surface area contributed by atoms with Crippen LogP contribution in [0.5, 0.6) is 0 Å².